The van der Waals surface area contributed by atoms with Gasteiger partial charge in [0.25, 0.3) is 0 Å². The Hall–Kier alpha value is -1.09. The van der Waals surface area contributed by atoms with Gasteiger partial charge < -0.3 is 20.3 Å². The van der Waals surface area contributed by atoms with Gasteiger partial charge in [0, 0.05) is 32.4 Å². The molecule has 0 aromatic carbocycles. The first-order chi connectivity index (χ1) is 12.6. The number of piperidine rings is 1. The molecule has 7 heteroatoms. The van der Waals surface area contributed by atoms with Gasteiger partial charge in [0.1, 0.15) is 0 Å². The smallest absolute Gasteiger partial charge is 0.213 e. The molecule has 154 valence electrons. The third-order valence-electron chi connectivity index (χ3n) is 4.66. The van der Waals surface area contributed by atoms with E-state index in [0.717, 1.165) is 37.0 Å². The normalized spacial score (nSPS) is 16.1. The summed E-state index contributed by atoms with van der Waals surface area (Å²) in [5, 5.41) is 6.73. The van der Waals surface area contributed by atoms with E-state index in [1.165, 1.54) is 25.9 Å². The maximum Gasteiger partial charge on any atom is 0.213 e. The fraction of sp³-hybridized carbons (Fsp3) is 0.700. The van der Waals surface area contributed by atoms with E-state index < -0.39 is 0 Å². The number of nitrogens with zero attached hydrogens (tertiary/aromatic N) is 3. The third kappa shape index (κ3) is 9.60. The molecule has 0 saturated carbocycles. The van der Waals surface area contributed by atoms with Gasteiger partial charge in [-0.2, -0.15) is 0 Å². The maximum atomic E-state index is 5.57. The number of ether oxygens (including phenoxy) is 1. The van der Waals surface area contributed by atoms with Gasteiger partial charge in [-0.1, -0.05) is 13.0 Å². The molecule has 27 heavy (non-hydrogen) atoms. The molecule has 1 aliphatic heterocycles. The standard InChI is InChI=1S/C20H35N5O.HI/c1-16(2)26-19-7-6-18(14-23-19)15-24-20(21-4)22-10-5-11-25-12-8-17(3)9-13-25;/h6-7,14,16-17H,5,8-13,15H2,1-4H3,(H2,21,22,24);1H. The van der Waals surface area contributed by atoms with Crippen LogP contribution in [0.1, 0.15) is 45.6 Å². The Balaban J connectivity index is 0.00000364. The lowest BCUT2D eigenvalue weighted by molar-refractivity contribution is 0.191. The zero-order valence-corrected chi connectivity index (χ0v) is 19.5. The number of hydrogen-bond donors (Lipinski definition) is 2. The fourth-order valence-corrected chi connectivity index (χ4v) is 3.03. The van der Waals surface area contributed by atoms with Crippen LogP contribution in [0.4, 0.5) is 0 Å². The van der Waals surface area contributed by atoms with E-state index >= 15 is 0 Å². The molecule has 1 aliphatic rings. The summed E-state index contributed by atoms with van der Waals surface area (Å²) >= 11 is 0. The Kier molecular flexibility index (Phi) is 11.7. The largest absolute Gasteiger partial charge is 0.475 e. The number of likely N-dealkylation sites (tertiary alicyclic amines) is 1. The van der Waals surface area contributed by atoms with Crippen molar-refractivity contribution < 1.29 is 4.74 Å². The number of aromatic nitrogens is 1. The van der Waals surface area contributed by atoms with Crippen molar-refractivity contribution in [1.82, 2.24) is 20.5 Å². The molecule has 0 spiro atoms. The summed E-state index contributed by atoms with van der Waals surface area (Å²) in [5.41, 5.74) is 1.10. The molecule has 6 nitrogen and oxygen atoms in total. The second-order valence-electron chi connectivity index (χ2n) is 7.40. The lowest BCUT2D eigenvalue weighted by Crippen LogP contribution is -2.39. The van der Waals surface area contributed by atoms with Gasteiger partial charge in [0.15, 0.2) is 5.96 Å². The lowest BCUT2D eigenvalue weighted by atomic mass is 9.99. The average Bonchev–Trinajstić information content (AvgIpc) is 2.63. The van der Waals surface area contributed by atoms with Crippen LogP contribution in [0.25, 0.3) is 0 Å². The van der Waals surface area contributed by atoms with Crippen LogP contribution in [0.15, 0.2) is 23.3 Å². The topological polar surface area (TPSA) is 61.8 Å². The van der Waals surface area contributed by atoms with E-state index in [-0.39, 0.29) is 30.1 Å². The molecule has 2 heterocycles. The minimum absolute atomic E-state index is 0. The van der Waals surface area contributed by atoms with Gasteiger partial charge in [0.2, 0.25) is 5.88 Å². The molecule has 0 atom stereocenters. The number of guanidine groups is 1. The van der Waals surface area contributed by atoms with E-state index in [9.17, 15) is 0 Å². The Morgan fingerprint density at radius 3 is 2.63 bits per heavy atom. The van der Waals surface area contributed by atoms with Crippen molar-refractivity contribution in [2.24, 2.45) is 10.9 Å². The minimum atomic E-state index is 0. The van der Waals surface area contributed by atoms with Gasteiger partial charge in [-0.05, 0) is 64.2 Å². The van der Waals surface area contributed by atoms with Crippen LogP contribution in [-0.2, 0) is 6.54 Å². The second kappa shape index (κ2) is 13.1. The summed E-state index contributed by atoms with van der Waals surface area (Å²) in [6, 6.07) is 3.94. The molecule has 1 aromatic rings. The highest BCUT2D eigenvalue weighted by atomic mass is 127. The van der Waals surface area contributed by atoms with Gasteiger partial charge in [-0.25, -0.2) is 4.98 Å². The average molecular weight is 489 g/mol. The van der Waals surface area contributed by atoms with E-state index in [0.29, 0.717) is 12.4 Å². The van der Waals surface area contributed by atoms with Gasteiger partial charge in [-0.15, -0.1) is 24.0 Å². The number of rotatable bonds is 8. The lowest BCUT2D eigenvalue weighted by Gasteiger charge is -2.30. The summed E-state index contributed by atoms with van der Waals surface area (Å²) in [4.78, 5) is 11.2. The highest BCUT2D eigenvalue weighted by molar-refractivity contribution is 14.0. The SMILES string of the molecule is CN=C(NCCCN1CCC(C)CC1)NCc1ccc(OC(C)C)nc1.I. The number of hydrogen-bond acceptors (Lipinski definition) is 4. The first kappa shape index (κ1) is 23.9. The van der Waals surface area contributed by atoms with Crippen molar-refractivity contribution in [3.05, 3.63) is 23.9 Å². The van der Waals surface area contributed by atoms with Crippen LogP contribution in [0.3, 0.4) is 0 Å². The molecule has 0 radical (unpaired) electrons. The van der Waals surface area contributed by atoms with Crippen LogP contribution < -0.4 is 15.4 Å². The quantitative estimate of drug-likeness (QED) is 0.254. The van der Waals surface area contributed by atoms with Crippen molar-refractivity contribution in [3.63, 3.8) is 0 Å². The molecular weight excluding hydrogens is 453 g/mol. The predicted octanol–water partition coefficient (Wildman–Crippen LogP) is 3.27. The molecule has 2 rings (SSSR count). The van der Waals surface area contributed by atoms with Crippen molar-refractivity contribution in [2.45, 2.75) is 52.7 Å². The highest BCUT2D eigenvalue weighted by Crippen LogP contribution is 2.15. The molecule has 0 unspecified atom stereocenters. The first-order valence-electron chi connectivity index (χ1n) is 9.85. The van der Waals surface area contributed by atoms with Crippen molar-refractivity contribution >= 4 is 29.9 Å². The molecule has 0 bridgehead atoms. The van der Waals surface area contributed by atoms with Gasteiger partial charge in [0.05, 0.1) is 6.10 Å². The third-order valence-corrected chi connectivity index (χ3v) is 4.66. The molecule has 1 fully saturated rings. The zero-order valence-electron chi connectivity index (χ0n) is 17.2. The van der Waals surface area contributed by atoms with Crippen LogP contribution in [0.5, 0.6) is 5.88 Å². The predicted molar refractivity (Wildman–Crippen MR) is 123 cm³/mol. The van der Waals surface area contributed by atoms with Crippen LogP contribution in [0.2, 0.25) is 0 Å². The summed E-state index contributed by atoms with van der Waals surface area (Å²) in [7, 11) is 1.80. The Morgan fingerprint density at radius 2 is 2.04 bits per heavy atom. The number of aliphatic imine (C=N–C) groups is 1. The van der Waals surface area contributed by atoms with Gasteiger partial charge >= 0.3 is 0 Å². The molecule has 1 aromatic heterocycles. The molecule has 0 aliphatic carbocycles. The Morgan fingerprint density at radius 1 is 1.30 bits per heavy atom. The van der Waals surface area contributed by atoms with E-state index in [2.05, 4.69) is 32.4 Å². The van der Waals surface area contributed by atoms with Crippen LogP contribution in [-0.4, -0.2) is 55.2 Å². The highest BCUT2D eigenvalue weighted by Gasteiger charge is 2.14. The Labute approximate surface area is 181 Å². The number of nitrogens with one attached hydrogen (secondary N) is 2. The zero-order chi connectivity index (χ0) is 18.8. The van der Waals surface area contributed by atoms with Crippen molar-refractivity contribution in [1.29, 1.82) is 0 Å². The van der Waals surface area contributed by atoms with Crippen LogP contribution >= 0.6 is 24.0 Å². The van der Waals surface area contributed by atoms with Crippen molar-refractivity contribution in [3.8, 4) is 5.88 Å². The van der Waals surface area contributed by atoms with Gasteiger partial charge in [-0.3, -0.25) is 4.99 Å². The number of pyridine rings is 1. The van der Waals surface area contributed by atoms with E-state index in [4.69, 9.17) is 4.74 Å². The molecule has 1 saturated heterocycles. The van der Waals surface area contributed by atoms with Crippen molar-refractivity contribution in [2.75, 3.05) is 33.2 Å². The summed E-state index contributed by atoms with van der Waals surface area (Å²) in [5.74, 6) is 2.39. The summed E-state index contributed by atoms with van der Waals surface area (Å²) in [6.07, 6.45) is 5.80. The molecule has 0 amide bonds. The first-order valence-corrected chi connectivity index (χ1v) is 9.85. The molecule has 2 N–H and O–H groups in total. The minimum Gasteiger partial charge on any atom is -0.475 e. The number of halogens is 1. The fourth-order valence-electron chi connectivity index (χ4n) is 3.03. The molecular formula is C20H36IN5O. The monoisotopic (exact) mass is 489 g/mol. The Bertz CT molecular complexity index is 542. The second-order valence-corrected chi connectivity index (χ2v) is 7.40. The van der Waals surface area contributed by atoms with Crippen LogP contribution in [0, 0.1) is 5.92 Å². The summed E-state index contributed by atoms with van der Waals surface area (Å²) < 4.78 is 5.57. The van der Waals surface area contributed by atoms with E-state index in [1.807, 2.05) is 32.2 Å². The summed E-state index contributed by atoms with van der Waals surface area (Å²) in [6.45, 7) is 11.6. The maximum absolute atomic E-state index is 5.57. The van der Waals surface area contributed by atoms with E-state index in [1.54, 1.807) is 7.05 Å².